The third-order valence-electron chi connectivity index (χ3n) is 2.66. The second-order valence-electron chi connectivity index (χ2n) is 4.06. The first kappa shape index (κ1) is 12.8. The Morgan fingerprint density at radius 2 is 1.35 bits per heavy atom. The van der Waals surface area contributed by atoms with Crippen LogP contribution in [0.25, 0.3) is 11.1 Å². The minimum Gasteiger partial charge on any atom is -0.0840 e. The van der Waals surface area contributed by atoms with Gasteiger partial charge in [-0.1, -0.05) is 46.9 Å². The molecule has 0 aliphatic heterocycles. The van der Waals surface area contributed by atoms with Gasteiger partial charge < -0.3 is 0 Å². The Kier molecular flexibility index (Phi) is 3.67. The Bertz CT molecular complexity index is 574. The van der Waals surface area contributed by atoms with Crippen molar-refractivity contribution in [3.05, 3.63) is 56.5 Å². The van der Waals surface area contributed by atoms with E-state index < -0.39 is 0 Å². The van der Waals surface area contributed by atoms with E-state index in [1.165, 1.54) is 0 Å². The molecule has 0 N–H and O–H groups in total. The van der Waals surface area contributed by atoms with Gasteiger partial charge in [0.05, 0.1) is 0 Å². The van der Waals surface area contributed by atoms with Gasteiger partial charge in [-0.05, 0) is 43.2 Å². The molecule has 0 aliphatic rings. The molecule has 88 valence electrons. The molecule has 0 bridgehead atoms. The minimum absolute atomic E-state index is 0.664. The zero-order valence-electron chi connectivity index (χ0n) is 9.52. The van der Waals surface area contributed by atoms with Gasteiger partial charge >= 0.3 is 0 Å². The number of benzene rings is 2. The van der Waals surface area contributed by atoms with Crippen LogP contribution in [0, 0.1) is 13.8 Å². The number of rotatable bonds is 1. The molecule has 0 saturated carbocycles. The van der Waals surface area contributed by atoms with E-state index in [1.807, 2.05) is 44.2 Å². The summed E-state index contributed by atoms with van der Waals surface area (Å²) in [5, 5.41) is 2.05. The highest BCUT2D eigenvalue weighted by atomic mass is 35.5. The van der Waals surface area contributed by atoms with E-state index in [2.05, 4.69) is 0 Å². The zero-order valence-corrected chi connectivity index (χ0v) is 11.8. The van der Waals surface area contributed by atoms with Gasteiger partial charge in [-0.25, -0.2) is 0 Å². The van der Waals surface area contributed by atoms with Gasteiger partial charge in [0.1, 0.15) is 0 Å². The maximum absolute atomic E-state index is 6.23. The highest BCUT2D eigenvalue weighted by Gasteiger charge is 2.10. The minimum atomic E-state index is 0.664. The Morgan fingerprint density at radius 1 is 0.706 bits per heavy atom. The van der Waals surface area contributed by atoms with Crippen molar-refractivity contribution in [1.82, 2.24) is 0 Å². The van der Waals surface area contributed by atoms with Crippen LogP contribution in [0.4, 0.5) is 0 Å². The van der Waals surface area contributed by atoms with E-state index in [1.54, 1.807) is 0 Å². The molecule has 0 nitrogen and oxygen atoms in total. The zero-order chi connectivity index (χ0) is 12.6. The number of halogens is 3. The van der Waals surface area contributed by atoms with Crippen molar-refractivity contribution in [2.45, 2.75) is 13.8 Å². The lowest BCUT2D eigenvalue weighted by Crippen LogP contribution is -1.85. The average Bonchev–Trinajstić information content (AvgIpc) is 2.24. The van der Waals surface area contributed by atoms with Gasteiger partial charge in [-0.3, -0.25) is 0 Å². The van der Waals surface area contributed by atoms with Crippen molar-refractivity contribution in [3.63, 3.8) is 0 Å². The number of hydrogen-bond acceptors (Lipinski definition) is 0. The lowest BCUT2D eigenvalue weighted by Gasteiger charge is -2.10. The summed E-state index contributed by atoms with van der Waals surface area (Å²) in [6, 6.07) is 9.60. The quantitative estimate of drug-likeness (QED) is 0.609. The fourth-order valence-corrected chi connectivity index (χ4v) is 2.51. The highest BCUT2D eigenvalue weighted by Crippen LogP contribution is 2.36. The molecular weight excluding hydrogens is 275 g/mol. The number of aryl methyl sites for hydroxylation is 2. The van der Waals surface area contributed by atoms with Gasteiger partial charge in [0, 0.05) is 26.2 Å². The molecule has 0 atom stereocenters. The van der Waals surface area contributed by atoms with Crippen LogP contribution < -0.4 is 0 Å². The molecule has 0 aromatic heterocycles. The van der Waals surface area contributed by atoms with Crippen molar-refractivity contribution in [3.8, 4) is 11.1 Å². The third kappa shape index (κ3) is 2.60. The molecule has 0 saturated heterocycles. The molecule has 0 unspecified atom stereocenters. The molecular formula is C14H11Cl3. The summed E-state index contributed by atoms with van der Waals surface area (Å²) in [4.78, 5) is 0. The van der Waals surface area contributed by atoms with Crippen LogP contribution >= 0.6 is 34.8 Å². The van der Waals surface area contributed by atoms with Gasteiger partial charge in [-0.2, -0.15) is 0 Å². The van der Waals surface area contributed by atoms with E-state index in [-0.39, 0.29) is 0 Å². The highest BCUT2D eigenvalue weighted by molar-refractivity contribution is 6.38. The van der Waals surface area contributed by atoms with Crippen LogP contribution in [0.5, 0.6) is 0 Å². The molecule has 0 aliphatic carbocycles. The van der Waals surface area contributed by atoms with E-state index >= 15 is 0 Å². The molecule has 0 spiro atoms. The normalized spacial score (nSPS) is 10.6. The van der Waals surface area contributed by atoms with Gasteiger partial charge in [0.15, 0.2) is 0 Å². The predicted molar refractivity (Wildman–Crippen MR) is 76.4 cm³/mol. The van der Waals surface area contributed by atoms with E-state index in [4.69, 9.17) is 34.8 Å². The molecule has 2 aromatic rings. The molecule has 2 aromatic carbocycles. The molecule has 2 rings (SSSR count). The maximum atomic E-state index is 6.23. The van der Waals surface area contributed by atoms with Crippen molar-refractivity contribution in [1.29, 1.82) is 0 Å². The van der Waals surface area contributed by atoms with Crippen LogP contribution in [-0.4, -0.2) is 0 Å². The summed E-state index contributed by atoms with van der Waals surface area (Å²) >= 11 is 18.6. The summed E-state index contributed by atoms with van der Waals surface area (Å²) in [7, 11) is 0. The van der Waals surface area contributed by atoms with Crippen molar-refractivity contribution >= 4 is 34.8 Å². The Labute approximate surface area is 116 Å². The molecule has 0 fully saturated rings. The van der Waals surface area contributed by atoms with Gasteiger partial charge in [0.2, 0.25) is 0 Å². The number of hydrogen-bond donors (Lipinski definition) is 0. The lowest BCUT2D eigenvalue weighted by atomic mass is 10.0. The summed E-state index contributed by atoms with van der Waals surface area (Å²) in [6.07, 6.45) is 0. The fourth-order valence-electron chi connectivity index (χ4n) is 1.69. The van der Waals surface area contributed by atoms with Gasteiger partial charge in [0.25, 0.3) is 0 Å². The second-order valence-corrected chi connectivity index (χ2v) is 5.29. The van der Waals surface area contributed by atoms with Crippen molar-refractivity contribution in [2.75, 3.05) is 0 Å². The van der Waals surface area contributed by atoms with Crippen molar-refractivity contribution < 1.29 is 0 Å². The standard InChI is InChI=1S/C14H11Cl3/c1-8-3-4-10(13(16)5-8)11-7-12(15)9(2)6-14(11)17/h3-7H,1-2H3. The Balaban J connectivity index is 2.64. The summed E-state index contributed by atoms with van der Waals surface area (Å²) < 4.78 is 0. The van der Waals surface area contributed by atoms with Crippen LogP contribution in [0.1, 0.15) is 11.1 Å². The molecule has 17 heavy (non-hydrogen) atoms. The second kappa shape index (κ2) is 4.89. The first-order valence-electron chi connectivity index (χ1n) is 5.21. The van der Waals surface area contributed by atoms with Crippen LogP contribution in [-0.2, 0) is 0 Å². The fraction of sp³-hybridized carbons (Fsp3) is 0.143. The third-order valence-corrected chi connectivity index (χ3v) is 3.70. The van der Waals surface area contributed by atoms with Crippen LogP contribution in [0.3, 0.4) is 0 Å². The SMILES string of the molecule is Cc1ccc(-c2cc(Cl)c(C)cc2Cl)c(Cl)c1. The average molecular weight is 286 g/mol. The van der Waals surface area contributed by atoms with E-state index in [0.717, 1.165) is 22.3 Å². The largest absolute Gasteiger partial charge is 0.0840 e. The predicted octanol–water partition coefficient (Wildman–Crippen LogP) is 5.93. The van der Waals surface area contributed by atoms with Gasteiger partial charge in [-0.15, -0.1) is 0 Å². The van der Waals surface area contributed by atoms with Crippen LogP contribution in [0.15, 0.2) is 30.3 Å². The summed E-state index contributed by atoms with van der Waals surface area (Å²) in [5.74, 6) is 0. The first-order chi connectivity index (χ1) is 7.99. The summed E-state index contributed by atoms with van der Waals surface area (Å²) in [5.41, 5.74) is 3.85. The molecule has 0 radical (unpaired) electrons. The smallest absolute Gasteiger partial charge is 0.0488 e. The Morgan fingerprint density at radius 3 is 2.00 bits per heavy atom. The molecule has 0 heterocycles. The summed E-state index contributed by atoms with van der Waals surface area (Å²) in [6.45, 7) is 3.92. The lowest BCUT2D eigenvalue weighted by molar-refractivity contribution is 1.44. The maximum Gasteiger partial charge on any atom is 0.0488 e. The van der Waals surface area contributed by atoms with E-state index in [0.29, 0.717) is 15.1 Å². The molecule has 3 heteroatoms. The Hall–Kier alpha value is -0.690. The first-order valence-corrected chi connectivity index (χ1v) is 6.34. The van der Waals surface area contributed by atoms with E-state index in [9.17, 15) is 0 Å². The van der Waals surface area contributed by atoms with Crippen LogP contribution in [0.2, 0.25) is 15.1 Å². The van der Waals surface area contributed by atoms with Crippen molar-refractivity contribution in [2.24, 2.45) is 0 Å². The topological polar surface area (TPSA) is 0 Å². The molecule has 0 amide bonds. The monoisotopic (exact) mass is 284 g/mol.